The first-order valence-corrected chi connectivity index (χ1v) is 11.3. The Morgan fingerprint density at radius 3 is 2.56 bits per heavy atom. The zero-order valence-electron chi connectivity index (χ0n) is 19.8. The van der Waals surface area contributed by atoms with Crippen molar-refractivity contribution in [3.05, 3.63) is 42.0 Å². The first-order valence-electron chi connectivity index (χ1n) is 11.3. The molecular formula is C25H36N4O3. The summed E-state index contributed by atoms with van der Waals surface area (Å²) < 4.78 is 0. The van der Waals surface area contributed by atoms with Crippen LogP contribution in [0.1, 0.15) is 64.9 Å². The topological polar surface area (TPSA) is 96.1 Å². The van der Waals surface area contributed by atoms with Crippen LogP contribution in [0.25, 0.3) is 0 Å². The summed E-state index contributed by atoms with van der Waals surface area (Å²) in [5.41, 5.74) is 8.61. The van der Waals surface area contributed by atoms with Gasteiger partial charge in [0.2, 0.25) is 18.0 Å². The predicted molar refractivity (Wildman–Crippen MR) is 128 cm³/mol. The first-order chi connectivity index (χ1) is 15.1. The first kappa shape index (κ1) is 25.3. The van der Waals surface area contributed by atoms with Crippen molar-refractivity contribution in [2.45, 2.75) is 65.5 Å². The molecule has 0 unspecified atom stereocenters. The van der Waals surface area contributed by atoms with E-state index in [0.29, 0.717) is 12.3 Å². The summed E-state index contributed by atoms with van der Waals surface area (Å²) in [5, 5.41) is 0. The minimum absolute atomic E-state index is 0.0649. The number of carbonyl (C=O) groups excluding carboxylic acids is 3. The van der Waals surface area contributed by atoms with Gasteiger partial charge in [0.05, 0.1) is 5.69 Å². The molecule has 1 aromatic carbocycles. The molecule has 2 N–H and O–H groups in total. The SMILES string of the molecule is C=C(CC(C)C)CN(C(=O)CCC(N)=O)[C@@H]1N=C(CCCC)c2ccccc2N(C)C1=O. The molecule has 174 valence electrons. The average Bonchev–Trinajstić information content (AvgIpc) is 2.84. The van der Waals surface area contributed by atoms with Crippen LogP contribution in [0, 0.1) is 5.92 Å². The van der Waals surface area contributed by atoms with E-state index in [-0.39, 0.29) is 31.2 Å². The van der Waals surface area contributed by atoms with Crippen LogP contribution < -0.4 is 10.6 Å². The quantitative estimate of drug-likeness (QED) is 0.532. The number of benzene rings is 1. The number of aliphatic imine (C=N–C) groups is 1. The standard InChI is InChI=1S/C25H36N4O3/c1-6-7-11-20-19-10-8-9-12-21(19)28(5)25(32)24(27-20)29(16-18(4)15-17(2)3)23(31)14-13-22(26)30/h8-10,12,17,24H,4,6-7,11,13-16H2,1-3,5H3,(H2,26,30)/t24-/m0/s1. The number of primary amides is 1. The lowest BCUT2D eigenvalue weighted by molar-refractivity contribution is -0.139. The lowest BCUT2D eigenvalue weighted by atomic mass is 10.0. The number of rotatable bonds is 11. The molecule has 3 amide bonds. The lowest BCUT2D eigenvalue weighted by Gasteiger charge is -2.31. The van der Waals surface area contributed by atoms with Gasteiger partial charge in [-0.15, -0.1) is 0 Å². The maximum Gasteiger partial charge on any atom is 0.272 e. The Hall–Kier alpha value is -2.96. The average molecular weight is 441 g/mol. The maximum atomic E-state index is 13.5. The highest BCUT2D eigenvalue weighted by Gasteiger charge is 2.35. The Labute approximate surface area is 191 Å². The van der Waals surface area contributed by atoms with Crippen molar-refractivity contribution in [2.24, 2.45) is 16.6 Å². The molecule has 0 bridgehead atoms. The normalized spacial score (nSPS) is 15.8. The molecule has 7 heteroatoms. The van der Waals surface area contributed by atoms with Crippen LogP contribution in [-0.2, 0) is 14.4 Å². The Bertz CT molecular complexity index is 891. The van der Waals surface area contributed by atoms with Crippen LogP contribution in [0.3, 0.4) is 0 Å². The number of hydrogen-bond donors (Lipinski definition) is 1. The molecule has 0 fully saturated rings. The highest BCUT2D eigenvalue weighted by molar-refractivity contribution is 6.13. The second-order valence-corrected chi connectivity index (χ2v) is 8.80. The highest BCUT2D eigenvalue weighted by atomic mass is 16.2. The molecule has 2 rings (SSSR count). The molecule has 0 radical (unpaired) electrons. The summed E-state index contributed by atoms with van der Waals surface area (Å²) in [7, 11) is 1.71. The monoisotopic (exact) mass is 440 g/mol. The molecule has 1 atom stereocenters. The van der Waals surface area contributed by atoms with E-state index < -0.39 is 12.1 Å². The van der Waals surface area contributed by atoms with Gasteiger partial charge in [-0.25, -0.2) is 0 Å². The number of anilines is 1. The van der Waals surface area contributed by atoms with E-state index in [4.69, 9.17) is 10.7 Å². The second-order valence-electron chi connectivity index (χ2n) is 8.80. The van der Waals surface area contributed by atoms with Crippen molar-refractivity contribution < 1.29 is 14.4 Å². The number of benzodiazepines with no additional fused rings is 1. The van der Waals surface area contributed by atoms with Crippen LogP contribution >= 0.6 is 0 Å². The zero-order chi connectivity index (χ0) is 23.8. The summed E-state index contributed by atoms with van der Waals surface area (Å²) in [5.74, 6) is -0.799. The number of likely N-dealkylation sites (N-methyl/N-ethyl adjacent to an activating group) is 1. The lowest BCUT2D eigenvalue weighted by Crippen LogP contribution is -2.49. The fraction of sp³-hybridized carbons (Fsp3) is 0.520. The van der Waals surface area contributed by atoms with Gasteiger partial charge < -0.3 is 15.5 Å². The second kappa shape index (κ2) is 11.6. The number of hydrogen-bond acceptors (Lipinski definition) is 4. The Kier molecular flexibility index (Phi) is 9.17. The van der Waals surface area contributed by atoms with E-state index in [1.165, 1.54) is 4.90 Å². The van der Waals surface area contributed by atoms with Crippen molar-refractivity contribution in [1.82, 2.24) is 4.90 Å². The molecule has 32 heavy (non-hydrogen) atoms. The van der Waals surface area contributed by atoms with E-state index in [9.17, 15) is 14.4 Å². The largest absolute Gasteiger partial charge is 0.370 e. The van der Waals surface area contributed by atoms with Crippen molar-refractivity contribution in [3.8, 4) is 0 Å². The minimum Gasteiger partial charge on any atom is -0.370 e. The number of fused-ring (bicyclic) bond motifs is 1. The van der Waals surface area contributed by atoms with Gasteiger partial charge >= 0.3 is 0 Å². The molecule has 0 aromatic heterocycles. The Balaban J connectivity index is 2.50. The molecule has 0 aliphatic carbocycles. The molecule has 1 aliphatic heterocycles. The molecule has 7 nitrogen and oxygen atoms in total. The van der Waals surface area contributed by atoms with E-state index in [1.54, 1.807) is 11.9 Å². The molecule has 1 heterocycles. The van der Waals surface area contributed by atoms with Crippen molar-refractivity contribution in [2.75, 3.05) is 18.5 Å². The summed E-state index contributed by atoms with van der Waals surface area (Å²) in [6.45, 7) is 10.6. The van der Waals surface area contributed by atoms with Gasteiger partial charge in [0.15, 0.2) is 0 Å². The molecular weight excluding hydrogens is 404 g/mol. The van der Waals surface area contributed by atoms with Gasteiger partial charge in [-0.05, 0) is 31.2 Å². The highest BCUT2D eigenvalue weighted by Crippen LogP contribution is 2.28. The number of carbonyl (C=O) groups is 3. The third-order valence-electron chi connectivity index (χ3n) is 5.46. The predicted octanol–water partition coefficient (Wildman–Crippen LogP) is 3.66. The third kappa shape index (κ3) is 6.52. The number of para-hydroxylation sites is 1. The molecule has 0 spiro atoms. The summed E-state index contributed by atoms with van der Waals surface area (Å²) in [4.78, 5) is 45.8. The molecule has 0 saturated heterocycles. The van der Waals surface area contributed by atoms with Gasteiger partial charge in [0.25, 0.3) is 5.91 Å². The zero-order valence-corrected chi connectivity index (χ0v) is 19.8. The van der Waals surface area contributed by atoms with Crippen LogP contribution in [0.2, 0.25) is 0 Å². The Morgan fingerprint density at radius 1 is 1.25 bits per heavy atom. The van der Waals surface area contributed by atoms with Gasteiger partial charge in [-0.2, -0.15) is 0 Å². The van der Waals surface area contributed by atoms with Gasteiger partial charge in [0.1, 0.15) is 0 Å². The summed E-state index contributed by atoms with van der Waals surface area (Å²) in [6.07, 6.45) is 2.20. The van der Waals surface area contributed by atoms with Crippen LogP contribution in [-0.4, -0.2) is 48.1 Å². The fourth-order valence-electron chi connectivity index (χ4n) is 3.89. The third-order valence-corrected chi connectivity index (χ3v) is 5.46. The van der Waals surface area contributed by atoms with Crippen LogP contribution in [0.4, 0.5) is 5.69 Å². The molecule has 1 aromatic rings. The minimum atomic E-state index is -1.01. The molecule has 0 saturated carbocycles. The summed E-state index contributed by atoms with van der Waals surface area (Å²) >= 11 is 0. The number of nitrogens with zero attached hydrogens (tertiary/aromatic N) is 3. The Morgan fingerprint density at radius 2 is 1.94 bits per heavy atom. The van der Waals surface area contributed by atoms with Gasteiger partial charge in [0, 0.05) is 37.7 Å². The van der Waals surface area contributed by atoms with Crippen molar-refractivity contribution in [1.29, 1.82) is 0 Å². The number of amides is 3. The van der Waals surface area contributed by atoms with Gasteiger partial charge in [-0.3, -0.25) is 19.4 Å². The fourth-order valence-corrected chi connectivity index (χ4v) is 3.89. The van der Waals surface area contributed by atoms with E-state index in [2.05, 4.69) is 27.4 Å². The smallest absolute Gasteiger partial charge is 0.272 e. The van der Waals surface area contributed by atoms with Gasteiger partial charge in [-0.1, -0.05) is 57.5 Å². The van der Waals surface area contributed by atoms with Crippen molar-refractivity contribution in [3.63, 3.8) is 0 Å². The maximum absolute atomic E-state index is 13.5. The van der Waals surface area contributed by atoms with Crippen LogP contribution in [0.15, 0.2) is 41.4 Å². The summed E-state index contributed by atoms with van der Waals surface area (Å²) in [6, 6.07) is 7.68. The number of unbranched alkanes of at least 4 members (excludes halogenated alkanes) is 1. The van der Waals surface area contributed by atoms with E-state index in [0.717, 1.165) is 41.8 Å². The molecule has 1 aliphatic rings. The van der Waals surface area contributed by atoms with Crippen molar-refractivity contribution >= 4 is 29.1 Å². The van der Waals surface area contributed by atoms with E-state index in [1.807, 2.05) is 24.3 Å². The van der Waals surface area contributed by atoms with Crippen LogP contribution in [0.5, 0.6) is 0 Å². The van der Waals surface area contributed by atoms with E-state index >= 15 is 0 Å². The number of nitrogens with two attached hydrogens (primary N) is 1.